The number of phenolic OH excluding ortho intramolecular Hbond substituents is 1. The van der Waals surface area contributed by atoms with Crippen molar-refractivity contribution in [3.63, 3.8) is 0 Å². The lowest BCUT2D eigenvalue weighted by atomic mass is 9.93. The van der Waals surface area contributed by atoms with Crippen molar-refractivity contribution in [3.8, 4) is 34.3 Å². The maximum atomic E-state index is 13.2. The lowest BCUT2D eigenvalue weighted by Crippen LogP contribution is -2.29. The van der Waals surface area contributed by atoms with Gasteiger partial charge in [-0.25, -0.2) is 14.4 Å². The molecule has 4 N–H and O–H groups in total. The topological polar surface area (TPSA) is 108 Å². The fourth-order valence-corrected chi connectivity index (χ4v) is 3.65. The van der Waals surface area contributed by atoms with Gasteiger partial charge in [-0.05, 0) is 54.8 Å². The number of nitrogens with two attached hydrogens (primary N) is 1. The standard InChI is InChI=1S/C22H20FN5O.ClH/c23-16-6-3-13(4-7-16)14-5-8-17(19(29)10-14)22-27-20(15-2-1-9-26-12-15)18(11-24)21(25)28-22;/h3-8,10,15,26,29H,1-2,9,12H2,(H2,25,27,28);1H. The second-order valence-electron chi connectivity index (χ2n) is 7.09. The number of anilines is 1. The molecule has 3 aromatic rings. The van der Waals surface area contributed by atoms with Crippen LogP contribution in [0.4, 0.5) is 10.2 Å². The Hall–Kier alpha value is -3.21. The first-order chi connectivity index (χ1) is 14.1. The van der Waals surface area contributed by atoms with E-state index in [1.165, 1.54) is 12.1 Å². The molecule has 1 aromatic heterocycles. The number of benzene rings is 2. The number of hydrogen-bond acceptors (Lipinski definition) is 6. The molecular formula is C22H21ClFN5O. The molecule has 1 atom stereocenters. The molecule has 154 valence electrons. The molecule has 0 amide bonds. The van der Waals surface area contributed by atoms with Gasteiger partial charge in [-0.15, -0.1) is 12.4 Å². The molecular weight excluding hydrogens is 405 g/mol. The second-order valence-corrected chi connectivity index (χ2v) is 7.09. The zero-order valence-corrected chi connectivity index (χ0v) is 16.9. The van der Waals surface area contributed by atoms with E-state index in [1.54, 1.807) is 24.3 Å². The number of nitriles is 1. The Kier molecular flexibility index (Phi) is 6.50. The fraction of sp³-hybridized carbons (Fsp3) is 0.227. The molecule has 1 fully saturated rings. The van der Waals surface area contributed by atoms with Crippen LogP contribution in [0.1, 0.15) is 30.0 Å². The van der Waals surface area contributed by atoms with Gasteiger partial charge >= 0.3 is 0 Å². The smallest absolute Gasteiger partial charge is 0.165 e. The Labute approximate surface area is 180 Å². The summed E-state index contributed by atoms with van der Waals surface area (Å²) in [6, 6.07) is 13.3. The maximum absolute atomic E-state index is 13.2. The molecule has 6 nitrogen and oxygen atoms in total. The van der Waals surface area contributed by atoms with E-state index in [0.29, 0.717) is 16.8 Å². The first-order valence-electron chi connectivity index (χ1n) is 9.44. The highest BCUT2D eigenvalue weighted by Gasteiger charge is 2.24. The van der Waals surface area contributed by atoms with Crippen molar-refractivity contribution in [2.24, 2.45) is 0 Å². The van der Waals surface area contributed by atoms with Crippen LogP contribution in [0.25, 0.3) is 22.5 Å². The van der Waals surface area contributed by atoms with Gasteiger partial charge in [0.2, 0.25) is 0 Å². The monoisotopic (exact) mass is 425 g/mol. The van der Waals surface area contributed by atoms with Crippen molar-refractivity contribution in [2.45, 2.75) is 18.8 Å². The summed E-state index contributed by atoms with van der Waals surface area (Å²) in [6.45, 7) is 1.66. The van der Waals surface area contributed by atoms with E-state index >= 15 is 0 Å². The number of hydrogen-bond donors (Lipinski definition) is 3. The SMILES string of the molecule is Cl.N#Cc1c(N)nc(-c2ccc(-c3ccc(F)cc3)cc2O)nc1C1CCCNC1. The zero-order chi connectivity index (χ0) is 20.4. The van der Waals surface area contributed by atoms with Gasteiger partial charge in [0.1, 0.15) is 29.0 Å². The summed E-state index contributed by atoms with van der Waals surface area (Å²) < 4.78 is 13.2. The van der Waals surface area contributed by atoms with Crippen LogP contribution in [0.3, 0.4) is 0 Å². The number of halogens is 2. The van der Waals surface area contributed by atoms with Crippen molar-refractivity contribution in [2.75, 3.05) is 18.8 Å². The summed E-state index contributed by atoms with van der Waals surface area (Å²) in [5.41, 5.74) is 8.91. The van der Waals surface area contributed by atoms with Gasteiger partial charge in [0.25, 0.3) is 0 Å². The van der Waals surface area contributed by atoms with Crippen LogP contribution in [0.15, 0.2) is 42.5 Å². The van der Waals surface area contributed by atoms with Crippen molar-refractivity contribution in [3.05, 3.63) is 59.5 Å². The van der Waals surface area contributed by atoms with E-state index < -0.39 is 0 Å². The molecule has 30 heavy (non-hydrogen) atoms. The van der Waals surface area contributed by atoms with Crippen LogP contribution in [0.2, 0.25) is 0 Å². The molecule has 1 aliphatic heterocycles. The van der Waals surface area contributed by atoms with Crippen LogP contribution in [0.5, 0.6) is 5.75 Å². The minimum absolute atomic E-state index is 0. The Bertz CT molecular complexity index is 1090. The van der Waals surface area contributed by atoms with Crippen molar-refractivity contribution in [1.82, 2.24) is 15.3 Å². The number of aromatic hydroxyl groups is 1. The minimum atomic E-state index is -0.319. The van der Waals surface area contributed by atoms with Crippen LogP contribution < -0.4 is 11.1 Å². The van der Waals surface area contributed by atoms with E-state index in [1.807, 2.05) is 6.07 Å². The number of piperidine rings is 1. The van der Waals surface area contributed by atoms with Crippen molar-refractivity contribution in [1.29, 1.82) is 5.26 Å². The number of nitrogens with zero attached hydrogens (tertiary/aromatic N) is 3. The molecule has 0 spiro atoms. The quantitative estimate of drug-likeness (QED) is 0.585. The molecule has 0 aliphatic carbocycles. The van der Waals surface area contributed by atoms with Gasteiger partial charge in [0.05, 0.1) is 11.3 Å². The molecule has 2 heterocycles. The maximum Gasteiger partial charge on any atom is 0.165 e. The lowest BCUT2D eigenvalue weighted by Gasteiger charge is -2.23. The van der Waals surface area contributed by atoms with E-state index in [2.05, 4.69) is 21.4 Å². The summed E-state index contributed by atoms with van der Waals surface area (Å²) in [5.74, 6) is 0.137. The van der Waals surface area contributed by atoms with Gasteiger partial charge in [0.15, 0.2) is 5.82 Å². The van der Waals surface area contributed by atoms with Crippen LogP contribution in [-0.4, -0.2) is 28.2 Å². The highest BCUT2D eigenvalue weighted by Crippen LogP contribution is 2.34. The van der Waals surface area contributed by atoms with Crippen molar-refractivity contribution >= 4 is 18.2 Å². The van der Waals surface area contributed by atoms with E-state index in [-0.39, 0.29) is 41.5 Å². The lowest BCUT2D eigenvalue weighted by molar-refractivity contribution is 0.453. The molecule has 1 unspecified atom stereocenters. The van der Waals surface area contributed by atoms with E-state index in [4.69, 9.17) is 5.73 Å². The molecule has 1 saturated heterocycles. The first-order valence-corrected chi connectivity index (χ1v) is 9.44. The van der Waals surface area contributed by atoms with Gasteiger partial charge in [-0.3, -0.25) is 0 Å². The first kappa shape index (κ1) is 21.5. The molecule has 2 aromatic carbocycles. The van der Waals surface area contributed by atoms with Crippen LogP contribution in [-0.2, 0) is 0 Å². The Morgan fingerprint density at radius 1 is 1.13 bits per heavy atom. The van der Waals surface area contributed by atoms with Crippen LogP contribution in [0, 0.1) is 17.1 Å². The Balaban J connectivity index is 0.00000256. The largest absolute Gasteiger partial charge is 0.507 e. The van der Waals surface area contributed by atoms with Gasteiger partial charge in [-0.1, -0.05) is 18.2 Å². The van der Waals surface area contributed by atoms with Gasteiger partial charge in [-0.2, -0.15) is 5.26 Å². The van der Waals surface area contributed by atoms with Crippen LogP contribution >= 0.6 is 12.4 Å². The molecule has 0 saturated carbocycles. The average Bonchev–Trinajstić information content (AvgIpc) is 2.74. The average molecular weight is 426 g/mol. The number of nitrogen functional groups attached to an aromatic ring is 1. The number of aromatic nitrogens is 2. The normalized spacial score (nSPS) is 15.8. The van der Waals surface area contributed by atoms with E-state index in [0.717, 1.165) is 37.1 Å². The minimum Gasteiger partial charge on any atom is -0.507 e. The third kappa shape index (κ3) is 4.20. The summed E-state index contributed by atoms with van der Waals surface area (Å²) in [5, 5.41) is 23.4. The molecule has 8 heteroatoms. The third-order valence-electron chi connectivity index (χ3n) is 5.18. The van der Waals surface area contributed by atoms with Crippen molar-refractivity contribution < 1.29 is 9.50 Å². The second kappa shape index (κ2) is 9.08. The Morgan fingerprint density at radius 3 is 2.50 bits per heavy atom. The highest BCUT2D eigenvalue weighted by molar-refractivity contribution is 5.85. The molecule has 0 radical (unpaired) electrons. The summed E-state index contributed by atoms with van der Waals surface area (Å²) in [4.78, 5) is 8.87. The summed E-state index contributed by atoms with van der Waals surface area (Å²) in [6.07, 6.45) is 1.90. The predicted molar refractivity (Wildman–Crippen MR) is 116 cm³/mol. The predicted octanol–water partition coefficient (Wildman–Crippen LogP) is 4.00. The number of rotatable bonds is 3. The highest BCUT2D eigenvalue weighted by atomic mass is 35.5. The zero-order valence-electron chi connectivity index (χ0n) is 16.1. The van der Waals surface area contributed by atoms with Gasteiger partial charge in [0, 0.05) is 12.5 Å². The fourth-order valence-electron chi connectivity index (χ4n) is 3.65. The van der Waals surface area contributed by atoms with Gasteiger partial charge < -0.3 is 16.2 Å². The molecule has 4 rings (SSSR count). The summed E-state index contributed by atoms with van der Waals surface area (Å²) >= 11 is 0. The van der Waals surface area contributed by atoms with E-state index in [9.17, 15) is 14.8 Å². The number of phenols is 1. The Morgan fingerprint density at radius 2 is 1.87 bits per heavy atom. The molecule has 0 bridgehead atoms. The third-order valence-corrected chi connectivity index (χ3v) is 5.18. The summed E-state index contributed by atoms with van der Waals surface area (Å²) in [7, 11) is 0. The number of nitrogens with one attached hydrogen (secondary N) is 1. The molecule has 1 aliphatic rings.